The fourth-order valence-electron chi connectivity index (χ4n) is 2.54. The Bertz CT molecular complexity index is 510. The topological polar surface area (TPSA) is 27.8 Å². The standard InChI is InChI=1S/C13H16N2/c1-8-3-4-10-11-5-6-14-9(2)13(11)15-12(10)7-8/h3-4,7,9,14-15H,5-6H2,1-2H3. The van der Waals surface area contributed by atoms with Crippen molar-refractivity contribution < 1.29 is 0 Å². The summed E-state index contributed by atoms with van der Waals surface area (Å²) in [5, 5.41) is 4.89. The monoisotopic (exact) mass is 200 g/mol. The number of rotatable bonds is 0. The maximum atomic E-state index is 3.54. The lowest BCUT2D eigenvalue weighted by Crippen LogP contribution is -2.27. The largest absolute Gasteiger partial charge is 0.357 e. The van der Waals surface area contributed by atoms with E-state index in [1.807, 2.05) is 0 Å². The van der Waals surface area contributed by atoms with Gasteiger partial charge >= 0.3 is 0 Å². The van der Waals surface area contributed by atoms with E-state index in [1.165, 1.54) is 27.7 Å². The molecule has 0 fully saturated rings. The number of benzene rings is 1. The Labute approximate surface area is 89.7 Å². The highest BCUT2D eigenvalue weighted by atomic mass is 15.0. The molecule has 1 unspecified atom stereocenters. The number of hydrogen-bond donors (Lipinski definition) is 2. The molecule has 2 heterocycles. The van der Waals surface area contributed by atoms with Crippen LogP contribution in [0.4, 0.5) is 0 Å². The second-order valence-electron chi connectivity index (χ2n) is 4.49. The molecule has 0 spiro atoms. The van der Waals surface area contributed by atoms with Crippen LogP contribution >= 0.6 is 0 Å². The first-order valence-corrected chi connectivity index (χ1v) is 5.60. The molecule has 3 rings (SSSR count). The minimum absolute atomic E-state index is 0.460. The molecule has 1 aromatic heterocycles. The van der Waals surface area contributed by atoms with E-state index in [0.29, 0.717) is 6.04 Å². The van der Waals surface area contributed by atoms with Crippen LogP contribution in [0, 0.1) is 6.92 Å². The predicted octanol–water partition coefficient (Wildman–Crippen LogP) is 2.68. The summed E-state index contributed by atoms with van der Waals surface area (Å²) in [5.41, 5.74) is 5.50. The zero-order valence-electron chi connectivity index (χ0n) is 9.22. The maximum Gasteiger partial charge on any atom is 0.0462 e. The molecular weight excluding hydrogens is 184 g/mol. The molecule has 0 aliphatic carbocycles. The van der Waals surface area contributed by atoms with Crippen molar-refractivity contribution in [2.75, 3.05) is 6.54 Å². The van der Waals surface area contributed by atoms with Gasteiger partial charge in [0.2, 0.25) is 0 Å². The summed E-state index contributed by atoms with van der Waals surface area (Å²) in [5.74, 6) is 0. The number of H-pyrrole nitrogens is 1. The minimum atomic E-state index is 0.460. The lowest BCUT2D eigenvalue weighted by molar-refractivity contribution is 0.533. The van der Waals surface area contributed by atoms with Crippen molar-refractivity contribution in [3.63, 3.8) is 0 Å². The van der Waals surface area contributed by atoms with Crippen LogP contribution in [0.5, 0.6) is 0 Å². The molecular formula is C13H16N2. The first-order valence-electron chi connectivity index (χ1n) is 5.60. The summed E-state index contributed by atoms with van der Waals surface area (Å²) < 4.78 is 0. The fraction of sp³-hybridized carbons (Fsp3) is 0.385. The zero-order valence-corrected chi connectivity index (χ0v) is 9.22. The van der Waals surface area contributed by atoms with E-state index in [-0.39, 0.29) is 0 Å². The van der Waals surface area contributed by atoms with E-state index in [9.17, 15) is 0 Å². The smallest absolute Gasteiger partial charge is 0.0462 e. The second kappa shape index (κ2) is 3.11. The van der Waals surface area contributed by atoms with Crippen molar-refractivity contribution in [3.8, 4) is 0 Å². The number of nitrogens with one attached hydrogen (secondary N) is 2. The Balaban J connectivity index is 2.30. The van der Waals surface area contributed by atoms with Crippen LogP contribution in [0.1, 0.15) is 29.8 Å². The van der Waals surface area contributed by atoms with Crippen LogP contribution in [0.15, 0.2) is 18.2 Å². The Hall–Kier alpha value is -1.28. The highest BCUT2D eigenvalue weighted by Crippen LogP contribution is 2.29. The highest BCUT2D eigenvalue weighted by molar-refractivity contribution is 5.85. The quantitative estimate of drug-likeness (QED) is 0.672. The zero-order chi connectivity index (χ0) is 10.4. The van der Waals surface area contributed by atoms with Gasteiger partial charge in [0.1, 0.15) is 0 Å². The molecule has 0 saturated carbocycles. The summed E-state index contributed by atoms with van der Waals surface area (Å²) in [7, 11) is 0. The van der Waals surface area contributed by atoms with Crippen molar-refractivity contribution in [1.82, 2.24) is 10.3 Å². The van der Waals surface area contributed by atoms with Gasteiger partial charge in [0.15, 0.2) is 0 Å². The van der Waals surface area contributed by atoms with Gasteiger partial charge in [-0.1, -0.05) is 12.1 Å². The summed E-state index contributed by atoms with van der Waals surface area (Å²) >= 11 is 0. The summed E-state index contributed by atoms with van der Waals surface area (Å²) in [6.07, 6.45) is 1.14. The molecule has 2 heteroatoms. The number of aromatic nitrogens is 1. The number of fused-ring (bicyclic) bond motifs is 3. The Kier molecular flexibility index (Phi) is 1.86. The van der Waals surface area contributed by atoms with Gasteiger partial charge in [0.25, 0.3) is 0 Å². The molecule has 15 heavy (non-hydrogen) atoms. The van der Waals surface area contributed by atoms with E-state index in [1.54, 1.807) is 0 Å². The summed E-state index contributed by atoms with van der Waals surface area (Å²) in [6, 6.07) is 7.14. The van der Waals surface area contributed by atoms with Gasteiger partial charge in [-0.15, -0.1) is 0 Å². The molecule has 2 aromatic rings. The van der Waals surface area contributed by atoms with Crippen molar-refractivity contribution >= 4 is 10.9 Å². The van der Waals surface area contributed by atoms with Gasteiger partial charge in [-0.05, 0) is 44.0 Å². The molecule has 0 bridgehead atoms. The maximum absolute atomic E-state index is 3.54. The molecule has 1 aliphatic heterocycles. The average Bonchev–Trinajstić information content (AvgIpc) is 2.57. The molecule has 1 aliphatic rings. The number of hydrogen-bond acceptors (Lipinski definition) is 1. The van der Waals surface area contributed by atoms with Crippen molar-refractivity contribution in [2.24, 2.45) is 0 Å². The second-order valence-corrected chi connectivity index (χ2v) is 4.49. The van der Waals surface area contributed by atoms with Crippen LogP contribution < -0.4 is 5.32 Å². The fourth-order valence-corrected chi connectivity index (χ4v) is 2.54. The third kappa shape index (κ3) is 1.29. The van der Waals surface area contributed by atoms with E-state index in [0.717, 1.165) is 13.0 Å². The molecule has 1 aromatic carbocycles. The normalized spacial score (nSPS) is 20.5. The van der Waals surface area contributed by atoms with Gasteiger partial charge in [-0.25, -0.2) is 0 Å². The molecule has 2 nitrogen and oxygen atoms in total. The minimum Gasteiger partial charge on any atom is -0.357 e. The van der Waals surface area contributed by atoms with E-state index >= 15 is 0 Å². The Morgan fingerprint density at radius 2 is 2.20 bits per heavy atom. The summed E-state index contributed by atoms with van der Waals surface area (Å²) in [4.78, 5) is 3.54. The van der Waals surface area contributed by atoms with Gasteiger partial charge in [0.05, 0.1) is 0 Å². The Morgan fingerprint density at radius 3 is 3.07 bits per heavy atom. The predicted molar refractivity (Wildman–Crippen MR) is 63.2 cm³/mol. The highest BCUT2D eigenvalue weighted by Gasteiger charge is 2.19. The third-order valence-corrected chi connectivity index (χ3v) is 3.35. The van der Waals surface area contributed by atoms with E-state index in [4.69, 9.17) is 0 Å². The average molecular weight is 200 g/mol. The van der Waals surface area contributed by atoms with Gasteiger partial charge in [-0.3, -0.25) is 0 Å². The van der Waals surface area contributed by atoms with E-state index in [2.05, 4.69) is 42.3 Å². The molecule has 2 N–H and O–H groups in total. The molecule has 1 atom stereocenters. The van der Waals surface area contributed by atoms with Crippen LogP contribution in [0.2, 0.25) is 0 Å². The SMILES string of the molecule is Cc1ccc2c3c([nH]c2c1)C(C)NCC3. The lowest BCUT2D eigenvalue weighted by Gasteiger charge is -2.20. The van der Waals surface area contributed by atoms with Crippen molar-refractivity contribution in [2.45, 2.75) is 26.3 Å². The van der Waals surface area contributed by atoms with Crippen LogP contribution in [0.3, 0.4) is 0 Å². The third-order valence-electron chi connectivity index (χ3n) is 3.35. The van der Waals surface area contributed by atoms with Crippen molar-refractivity contribution in [3.05, 3.63) is 35.0 Å². The van der Waals surface area contributed by atoms with Crippen LogP contribution in [0.25, 0.3) is 10.9 Å². The number of aromatic amines is 1. The molecule has 78 valence electrons. The molecule has 0 radical (unpaired) electrons. The van der Waals surface area contributed by atoms with Gasteiger partial charge in [0, 0.05) is 22.6 Å². The first-order chi connectivity index (χ1) is 7.25. The molecule has 0 amide bonds. The summed E-state index contributed by atoms with van der Waals surface area (Å²) in [6.45, 7) is 5.45. The number of aryl methyl sites for hydroxylation is 1. The van der Waals surface area contributed by atoms with E-state index < -0.39 is 0 Å². The lowest BCUT2D eigenvalue weighted by atomic mass is 10.00. The van der Waals surface area contributed by atoms with Gasteiger partial charge < -0.3 is 10.3 Å². The van der Waals surface area contributed by atoms with Crippen LogP contribution in [-0.4, -0.2) is 11.5 Å². The first kappa shape index (κ1) is 8.98. The Morgan fingerprint density at radius 1 is 1.33 bits per heavy atom. The van der Waals surface area contributed by atoms with Crippen molar-refractivity contribution in [1.29, 1.82) is 0 Å². The van der Waals surface area contributed by atoms with Gasteiger partial charge in [-0.2, -0.15) is 0 Å². The van der Waals surface area contributed by atoms with Crippen LogP contribution in [-0.2, 0) is 6.42 Å². The molecule has 0 saturated heterocycles.